The number of likely N-dealkylation sites (tertiary alicyclic amines) is 1. The largest absolute Gasteiger partial charge is 0.337 e. The van der Waals surface area contributed by atoms with Gasteiger partial charge in [0.1, 0.15) is 0 Å². The highest BCUT2D eigenvalue weighted by molar-refractivity contribution is 5.94. The molecule has 1 N–H and O–H groups in total. The summed E-state index contributed by atoms with van der Waals surface area (Å²) in [5, 5.41) is 13.0. The number of piperidine rings is 1. The maximum Gasteiger partial charge on any atom is 0.276 e. The molecule has 1 aromatic carbocycles. The lowest BCUT2D eigenvalue weighted by Gasteiger charge is -2.38. The molecule has 2 saturated heterocycles. The van der Waals surface area contributed by atoms with Crippen LogP contribution in [0.2, 0.25) is 0 Å². The highest BCUT2D eigenvalue weighted by Gasteiger charge is 2.38. The lowest BCUT2D eigenvalue weighted by molar-refractivity contribution is 0.0601. The van der Waals surface area contributed by atoms with Crippen LogP contribution < -0.4 is 5.32 Å². The summed E-state index contributed by atoms with van der Waals surface area (Å²) in [4.78, 5) is 19.5. The van der Waals surface area contributed by atoms with E-state index in [1.807, 2.05) is 42.2 Å². The molecule has 7 nitrogen and oxygen atoms in total. The number of carbonyl (C=O) groups excluding carboxylic acids is 1. The molecule has 160 valence electrons. The number of carbonyl (C=O) groups is 1. The van der Waals surface area contributed by atoms with Crippen molar-refractivity contribution in [1.29, 1.82) is 0 Å². The van der Waals surface area contributed by atoms with Crippen LogP contribution >= 0.6 is 24.8 Å². The highest BCUT2D eigenvalue weighted by atomic mass is 35.5. The molecule has 1 spiro atoms. The maximum absolute atomic E-state index is 13.1. The van der Waals surface area contributed by atoms with Crippen LogP contribution in [0.5, 0.6) is 0 Å². The monoisotopic (exact) mass is 448 g/mol. The van der Waals surface area contributed by atoms with Crippen molar-refractivity contribution in [2.45, 2.75) is 26.2 Å². The number of aromatic nitrogens is 4. The molecule has 2 aliphatic rings. The smallest absolute Gasteiger partial charge is 0.276 e. The molecule has 4 heterocycles. The van der Waals surface area contributed by atoms with Crippen molar-refractivity contribution in [2.75, 3.05) is 26.2 Å². The zero-order valence-corrected chi connectivity index (χ0v) is 18.5. The zero-order valence-electron chi connectivity index (χ0n) is 16.9. The van der Waals surface area contributed by atoms with Crippen LogP contribution in [-0.4, -0.2) is 57.0 Å². The molecule has 0 saturated carbocycles. The molecule has 0 radical (unpaired) electrons. The SMILES string of the molecule is Cc1c(C(=O)N2CCC3(CCNC3)CC2)nnn1-c1cccc2ncccc12.Cl.Cl. The average molecular weight is 449 g/mol. The van der Waals surface area contributed by atoms with Gasteiger partial charge in [-0.1, -0.05) is 11.3 Å². The van der Waals surface area contributed by atoms with Crippen molar-refractivity contribution in [3.8, 4) is 5.69 Å². The number of nitrogens with one attached hydrogen (secondary N) is 1. The number of fused-ring (bicyclic) bond motifs is 1. The van der Waals surface area contributed by atoms with E-state index < -0.39 is 0 Å². The van der Waals surface area contributed by atoms with Crippen LogP contribution in [0.4, 0.5) is 0 Å². The van der Waals surface area contributed by atoms with Gasteiger partial charge in [-0.15, -0.1) is 29.9 Å². The maximum atomic E-state index is 13.1. The minimum Gasteiger partial charge on any atom is -0.337 e. The number of halogens is 2. The number of amides is 1. The van der Waals surface area contributed by atoms with E-state index in [9.17, 15) is 4.79 Å². The van der Waals surface area contributed by atoms with Gasteiger partial charge in [0.25, 0.3) is 5.91 Å². The molecule has 5 rings (SSSR count). The van der Waals surface area contributed by atoms with Gasteiger partial charge in [-0.05, 0) is 62.4 Å². The summed E-state index contributed by atoms with van der Waals surface area (Å²) in [6, 6.07) is 9.83. The Hall–Kier alpha value is -2.22. The molecular weight excluding hydrogens is 423 g/mol. The number of nitrogens with zero attached hydrogens (tertiary/aromatic N) is 5. The first-order valence-corrected chi connectivity index (χ1v) is 9.93. The van der Waals surface area contributed by atoms with Crippen LogP contribution in [0, 0.1) is 12.3 Å². The van der Waals surface area contributed by atoms with Gasteiger partial charge in [0.05, 0.1) is 16.9 Å². The summed E-state index contributed by atoms with van der Waals surface area (Å²) in [6.07, 6.45) is 5.12. The quantitative estimate of drug-likeness (QED) is 0.651. The van der Waals surface area contributed by atoms with Gasteiger partial charge in [-0.25, -0.2) is 4.68 Å². The highest BCUT2D eigenvalue weighted by Crippen LogP contribution is 2.37. The molecule has 9 heteroatoms. The van der Waals surface area contributed by atoms with E-state index in [1.165, 1.54) is 6.42 Å². The van der Waals surface area contributed by atoms with E-state index in [0.29, 0.717) is 11.1 Å². The molecule has 0 aliphatic carbocycles. The van der Waals surface area contributed by atoms with E-state index in [-0.39, 0.29) is 30.7 Å². The molecule has 0 atom stereocenters. The van der Waals surface area contributed by atoms with Crippen molar-refractivity contribution in [2.24, 2.45) is 5.41 Å². The van der Waals surface area contributed by atoms with Gasteiger partial charge in [0, 0.05) is 31.2 Å². The normalized spacial score (nSPS) is 17.6. The van der Waals surface area contributed by atoms with Crippen molar-refractivity contribution in [3.05, 3.63) is 47.9 Å². The van der Waals surface area contributed by atoms with Crippen molar-refractivity contribution < 1.29 is 4.79 Å². The molecular formula is C21H26Cl2N6O. The summed E-state index contributed by atoms with van der Waals surface area (Å²) in [6.45, 7) is 5.69. The van der Waals surface area contributed by atoms with Gasteiger partial charge < -0.3 is 10.2 Å². The van der Waals surface area contributed by atoms with Gasteiger partial charge in [-0.3, -0.25) is 9.78 Å². The molecule has 0 unspecified atom stereocenters. The first-order valence-electron chi connectivity index (χ1n) is 9.93. The fraction of sp³-hybridized carbons (Fsp3) is 0.429. The Morgan fingerprint density at radius 3 is 2.63 bits per heavy atom. The Kier molecular flexibility index (Phi) is 6.65. The first kappa shape index (κ1) is 22.5. The van der Waals surface area contributed by atoms with Crippen molar-refractivity contribution in [3.63, 3.8) is 0 Å². The number of benzene rings is 1. The average Bonchev–Trinajstić information content (AvgIpc) is 3.34. The molecule has 2 aromatic heterocycles. The lowest BCUT2D eigenvalue weighted by atomic mass is 9.78. The van der Waals surface area contributed by atoms with Crippen molar-refractivity contribution >= 4 is 41.6 Å². The summed E-state index contributed by atoms with van der Waals surface area (Å²) >= 11 is 0. The van der Waals surface area contributed by atoms with Crippen LogP contribution in [0.3, 0.4) is 0 Å². The van der Waals surface area contributed by atoms with Crippen LogP contribution in [0.1, 0.15) is 35.4 Å². The molecule has 3 aromatic rings. The third-order valence-corrected chi connectivity index (χ3v) is 6.39. The summed E-state index contributed by atoms with van der Waals surface area (Å²) in [7, 11) is 0. The third-order valence-electron chi connectivity index (χ3n) is 6.39. The molecule has 2 fully saturated rings. The number of hydrogen-bond acceptors (Lipinski definition) is 5. The number of pyridine rings is 1. The van der Waals surface area contributed by atoms with E-state index in [2.05, 4.69) is 20.6 Å². The molecule has 0 bridgehead atoms. The van der Waals surface area contributed by atoms with E-state index in [4.69, 9.17) is 0 Å². The molecule has 30 heavy (non-hydrogen) atoms. The topological polar surface area (TPSA) is 75.9 Å². The second kappa shape index (κ2) is 8.88. The first-order chi connectivity index (χ1) is 13.7. The van der Waals surface area contributed by atoms with E-state index >= 15 is 0 Å². The Bertz CT molecular complexity index is 1030. The van der Waals surface area contributed by atoms with Crippen LogP contribution in [0.25, 0.3) is 16.6 Å². The van der Waals surface area contributed by atoms with Crippen molar-refractivity contribution in [1.82, 2.24) is 30.2 Å². The van der Waals surface area contributed by atoms with Crippen LogP contribution in [0.15, 0.2) is 36.5 Å². The Morgan fingerprint density at radius 2 is 1.90 bits per heavy atom. The Labute approximate surface area is 188 Å². The summed E-state index contributed by atoms with van der Waals surface area (Å²) < 4.78 is 1.75. The van der Waals surface area contributed by atoms with Gasteiger partial charge in [0.15, 0.2) is 5.69 Å². The van der Waals surface area contributed by atoms with Gasteiger partial charge >= 0.3 is 0 Å². The second-order valence-corrected chi connectivity index (χ2v) is 8.00. The third kappa shape index (κ3) is 3.77. The minimum absolute atomic E-state index is 0. The second-order valence-electron chi connectivity index (χ2n) is 8.00. The lowest BCUT2D eigenvalue weighted by Crippen LogP contribution is -2.44. The van der Waals surface area contributed by atoms with E-state index in [1.54, 1.807) is 10.9 Å². The minimum atomic E-state index is -0.0112. The molecule has 2 aliphatic heterocycles. The van der Waals surface area contributed by atoms with E-state index in [0.717, 1.165) is 61.3 Å². The number of rotatable bonds is 2. The Balaban J connectivity index is 0.00000128. The fourth-order valence-electron chi connectivity index (χ4n) is 4.58. The summed E-state index contributed by atoms with van der Waals surface area (Å²) in [5.41, 5.74) is 3.39. The standard InChI is InChI=1S/C21H24N6O.2ClH/c1-15-19(20(28)26-12-8-21(9-13-26)7-11-22-14-21)24-25-27(15)18-6-2-5-17-16(18)4-3-10-23-17;;/h2-6,10,22H,7-9,11-14H2,1H3;2*1H. The number of hydrogen-bond donors (Lipinski definition) is 1. The molecule has 1 amide bonds. The Morgan fingerprint density at radius 1 is 1.10 bits per heavy atom. The predicted octanol–water partition coefficient (Wildman–Crippen LogP) is 3.18. The van der Waals surface area contributed by atoms with Gasteiger partial charge in [0.2, 0.25) is 0 Å². The van der Waals surface area contributed by atoms with Gasteiger partial charge in [-0.2, -0.15) is 0 Å². The predicted molar refractivity (Wildman–Crippen MR) is 121 cm³/mol. The summed E-state index contributed by atoms with van der Waals surface area (Å²) in [5.74, 6) is -0.0112. The fourth-order valence-corrected chi connectivity index (χ4v) is 4.58. The zero-order chi connectivity index (χ0) is 19.1. The van der Waals surface area contributed by atoms with Crippen LogP contribution in [-0.2, 0) is 0 Å².